The molecule has 0 unspecified atom stereocenters. The second-order valence-corrected chi connectivity index (χ2v) is 6.40. The third-order valence-electron chi connectivity index (χ3n) is 3.31. The number of nitro groups is 1. The van der Waals surface area contributed by atoms with Crippen molar-refractivity contribution in [1.82, 2.24) is 4.98 Å². The number of nitrogens with zero attached hydrogens (tertiary/aromatic N) is 2. The predicted octanol–water partition coefficient (Wildman–Crippen LogP) is 4.39. The van der Waals surface area contributed by atoms with Crippen LogP contribution >= 0.6 is 22.9 Å². The Morgan fingerprint density at radius 2 is 1.96 bits per heavy atom. The van der Waals surface area contributed by atoms with E-state index in [0.29, 0.717) is 15.8 Å². The van der Waals surface area contributed by atoms with Gasteiger partial charge in [-0.2, -0.15) is 0 Å². The van der Waals surface area contributed by atoms with E-state index in [9.17, 15) is 14.9 Å². The SMILES string of the molecule is O=C(COc1ccccc1[N+](=O)[O-])Nc1nc(-c2ccc(Cl)cc2)cs1. The van der Waals surface area contributed by atoms with Gasteiger partial charge in [-0.25, -0.2) is 4.98 Å². The van der Waals surface area contributed by atoms with Crippen molar-refractivity contribution in [3.8, 4) is 17.0 Å². The average Bonchev–Trinajstić information content (AvgIpc) is 3.09. The summed E-state index contributed by atoms with van der Waals surface area (Å²) in [7, 11) is 0. The zero-order valence-corrected chi connectivity index (χ0v) is 14.8. The van der Waals surface area contributed by atoms with E-state index >= 15 is 0 Å². The van der Waals surface area contributed by atoms with Crippen LogP contribution < -0.4 is 10.1 Å². The molecular weight excluding hydrogens is 378 g/mol. The first kappa shape index (κ1) is 17.8. The minimum Gasteiger partial charge on any atom is -0.477 e. The van der Waals surface area contributed by atoms with E-state index in [0.717, 1.165) is 5.56 Å². The van der Waals surface area contributed by atoms with Crippen LogP contribution in [0.2, 0.25) is 5.02 Å². The second kappa shape index (κ2) is 7.94. The number of nitro benzene ring substituents is 1. The lowest BCUT2D eigenvalue weighted by molar-refractivity contribution is -0.385. The summed E-state index contributed by atoms with van der Waals surface area (Å²) in [5.41, 5.74) is 1.39. The highest BCUT2D eigenvalue weighted by molar-refractivity contribution is 7.14. The third-order valence-corrected chi connectivity index (χ3v) is 4.32. The Morgan fingerprint density at radius 1 is 1.23 bits per heavy atom. The van der Waals surface area contributed by atoms with Gasteiger partial charge in [0.25, 0.3) is 5.91 Å². The smallest absolute Gasteiger partial charge is 0.310 e. The maximum Gasteiger partial charge on any atom is 0.310 e. The summed E-state index contributed by atoms with van der Waals surface area (Å²) >= 11 is 7.13. The van der Waals surface area contributed by atoms with Gasteiger partial charge in [-0.05, 0) is 18.2 Å². The van der Waals surface area contributed by atoms with Gasteiger partial charge in [-0.3, -0.25) is 20.2 Å². The molecule has 0 aliphatic heterocycles. The van der Waals surface area contributed by atoms with Gasteiger partial charge < -0.3 is 4.74 Å². The normalized spacial score (nSPS) is 10.3. The van der Waals surface area contributed by atoms with E-state index in [1.807, 2.05) is 17.5 Å². The molecule has 0 atom stereocenters. The maximum atomic E-state index is 12.0. The van der Waals surface area contributed by atoms with Gasteiger partial charge in [-0.1, -0.05) is 35.9 Å². The first-order chi connectivity index (χ1) is 12.5. The number of benzene rings is 2. The Labute approximate surface area is 157 Å². The lowest BCUT2D eigenvalue weighted by atomic mass is 10.2. The molecule has 0 bridgehead atoms. The largest absolute Gasteiger partial charge is 0.477 e. The van der Waals surface area contributed by atoms with Gasteiger partial charge >= 0.3 is 5.69 Å². The number of amides is 1. The Bertz CT molecular complexity index is 943. The number of aromatic nitrogens is 1. The fourth-order valence-corrected chi connectivity index (χ4v) is 2.97. The number of hydrogen-bond acceptors (Lipinski definition) is 6. The molecule has 0 radical (unpaired) electrons. The Balaban J connectivity index is 1.61. The summed E-state index contributed by atoms with van der Waals surface area (Å²) in [6.45, 7) is -0.360. The molecule has 3 aromatic rings. The number of ether oxygens (including phenoxy) is 1. The van der Waals surface area contributed by atoms with Crippen LogP contribution in [0, 0.1) is 10.1 Å². The molecule has 7 nitrogen and oxygen atoms in total. The Hall–Kier alpha value is -2.97. The van der Waals surface area contributed by atoms with Crippen LogP contribution in [0.25, 0.3) is 11.3 Å². The molecule has 0 saturated heterocycles. The fraction of sp³-hybridized carbons (Fsp3) is 0.0588. The van der Waals surface area contributed by atoms with Crippen LogP contribution in [0.4, 0.5) is 10.8 Å². The molecule has 3 rings (SSSR count). The minimum atomic E-state index is -0.563. The van der Waals surface area contributed by atoms with Crippen molar-refractivity contribution < 1.29 is 14.5 Å². The van der Waals surface area contributed by atoms with Gasteiger partial charge in [0.15, 0.2) is 17.5 Å². The van der Waals surface area contributed by atoms with Crippen molar-refractivity contribution in [2.24, 2.45) is 0 Å². The number of carbonyl (C=O) groups is 1. The highest BCUT2D eigenvalue weighted by Gasteiger charge is 2.15. The van der Waals surface area contributed by atoms with Crippen molar-refractivity contribution in [3.63, 3.8) is 0 Å². The number of anilines is 1. The summed E-state index contributed by atoms with van der Waals surface area (Å²) in [6, 6.07) is 13.1. The maximum absolute atomic E-state index is 12.0. The lowest BCUT2D eigenvalue weighted by Crippen LogP contribution is -2.20. The first-order valence-corrected chi connectivity index (χ1v) is 8.66. The van der Waals surface area contributed by atoms with Gasteiger partial charge in [0.2, 0.25) is 0 Å². The molecule has 132 valence electrons. The van der Waals surface area contributed by atoms with Gasteiger partial charge in [0, 0.05) is 22.0 Å². The van der Waals surface area contributed by atoms with Crippen LogP contribution in [0.15, 0.2) is 53.9 Å². The monoisotopic (exact) mass is 389 g/mol. The average molecular weight is 390 g/mol. The predicted molar refractivity (Wildman–Crippen MR) is 99.8 cm³/mol. The number of halogens is 1. The summed E-state index contributed by atoms with van der Waals surface area (Å²) < 4.78 is 5.25. The lowest BCUT2D eigenvalue weighted by Gasteiger charge is -2.06. The zero-order chi connectivity index (χ0) is 18.5. The molecule has 0 aliphatic rings. The number of para-hydroxylation sites is 2. The quantitative estimate of drug-likeness (QED) is 0.498. The van der Waals surface area contributed by atoms with E-state index in [2.05, 4.69) is 10.3 Å². The molecule has 0 spiro atoms. The summed E-state index contributed by atoms with van der Waals surface area (Å²) in [4.78, 5) is 26.7. The van der Waals surface area contributed by atoms with Crippen LogP contribution in [0.3, 0.4) is 0 Å². The van der Waals surface area contributed by atoms with Gasteiger partial charge in [-0.15, -0.1) is 11.3 Å². The molecule has 9 heteroatoms. The standard InChI is InChI=1S/C17H12ClN3O4S/c18-12-7-5-11(6-8-12)13-10-26-17(19-13)20-16(22)9-25-15-4-2-1-3-14(15)21(23)24/h1-8,10H,9H2,(H,19,20,22). The zero-order valence-electron chi connectivity index (χ0n) is 13.2. The number of rotatable bonds is 6. The molecule has 0 fully saturated rings. The molecule has 1 heterocycles. The van der Waals surface area contributed by atoms with Crippen LogP contribution in [-0.2, 0) is 4.79 Å². The highest BCUT2D eigenvalue weighted by Crippen LogP contribution is 2.27. The van der Waals surface area contributed by atoms with Crippen LogP contribution in [0.5, 0.6) is 5.75 Å². The van der Waals surface area contributed by atoms with E-state index in [1.165, 1.54) is 29.5 Å². The van der Waals surface area contributed by atoms with Gasteiger partial charge in [0.1, 0.15) is 0 Å². The molecular formula is C17H12ClN3O4S. The molecule has 1 aromatic heterocycles. The van der Waals surface area contributed by atoms with Gasteiger partial charge in [0.05, 0.1) is 10.6 Å². The topological polar surface area (TPSA) is 94.4 Å². The number of hydrogen-bond donors (Lipinski definition) is 1. The van der Waals surface area contributed by atoms with E-state index < -0.39 is 10.8 Å². The van der Waals surface area contributed by atoms with E-state index in [4.69, 9.17) is 16.3 Å². The van der Waals surface area contributed by atoms with Crippen molar-refractivity contribution in [1.29, 1.82) is 0 Å². The first-order valence-electron chi connectivity index (χ1n) is 7.40. The molecule has 0 saturated carbocycles. The van der Waals surface area contributed by atoms with Crippen molar-refractivity contribution in [2.45, 2.75) is 0 Å². The van der Waals surface area contributed by atoms with Crippen molar-refractivity contribution in [3.05, 3.63) is 69.0 Å². The third kappa shape index (κ3) is 4.35. The molecule has 0 aliphatic carbocycles. The molecule has 2 aromatic carbocycles. The summed E-state index contributed by atoms with van der Waals surface area (Å²) in [6.07, 6.45) is 0. The number of carbonyl (C=O) groups excluding carboxylic acids is 1. The summed E-state index contributed by atoms with van der Waals surface area (Å²) in [5.74, 6) is -0.422. The highest BCUT2D eigenvalue weighted by atomic mass is 35.5. The Kier molecular flexibility index (Phi) is 5.45. The van der Waals surface area contributed by atoms with Crippen molar-refractivity contribution >= 4 is 39.7 Å². The van der Waals surface area contributed by atoms with E-state index in [1.54, 1.807) is 18.2 Å². The van der Waals surface area contributed by atoms with Crippen molar-refractivity contribution in [2.75, 3.05) is 11.9 Å². The van der Waals surface area contributed by atoms with Crippen LogP contribution in [0.1, 0.15) is 0 Å². The van der Waals surface area contributed by atoms with Crippen LogP contribution in [-0.4, -0.2) is 22.4 Å². The number of thiazole rings is 1. The summed E-state index contributed by atoms with van der Waals surface area (Å²) in [5, 5.41) is 16.4. The molecule has 1 amide bonds. The molecule has 1 N–H and O–H groups in total. The number of nitrogens with one attached hydrogen (secondary N) is 1. The molecule has 26 heavy (non-hydrogen) atoms. The Morgan fingerprint density at radius 3 is 2.69 bits per heavy atom. The van der Waals surface area contributed by atoms with E-state index in [-0.39, 0.29) is 18.0 Å². The minimum absolute atomic E-state index is 0.0358. The second-order valence-electron chi connectivity index (χ2n) is 5.11. The fourth-order valence-electron chi connectivity index (χ4n) is 2.11.